The van der Waals surface area contributed by atoms with Crippen molar-refractivity contribution in [2.24, 2.45) is 5.41 Å². The van der Waals surface area contributed by atoms with E-state index in [-0.39, 0.29) is 17.1 Å². The number of carbonyl (C=O) groups is 1. The highest BCUT2D eigenvalue weighted by Crippen LogP contribution is 2.45. The van der Waals surface area contributed by atoms with Crippen LogP contribution in [0.25, 0.3) is 0 Å². The van der Waals surface area contributed by atoms with Crippen molar-refractivity contribution >= 4 is 17.5 Å². The number of aryl methyl sites for hydroxylation is 1. The molecule has 1 fully saturated rings. The topological polar surface area (TPSA) is 49.3 Å². The van der Waals surface area contributed by atoms with Crippen molar-refractivity contribution < 1.29 is 9.90 Å². The third kappa shape index (κ3) is 2.72. The SMILES string of the molecule is Cc1ccc(C(=O)NCC2(CCl)CC2)cc1O. The fourth-order valence-corrected chi connectivity index (χ4v) is 2.02. The Bertz CT molecular complexity index is 441. The van der Waals surface area contributed by atoms with Crippen molar-refractivity contribution in [3.05, 3.63) is 29.3 Å². The van der Waals surface area contributed by atoms with Gasteiger partial charge in [-0.05, 0) is 37.5 Å². The minimum Gasteiger partial charge on any atom is -0.508 e. The highest BCUT2D eigenvalue weighted by molar-refractivity contribution is 6.18. The molecule has 92 valence electrons. The van der Waals surface area contributed by atoms with Crippen molar-refractivity contribution in [3.63, 3.8) is 0 Å². The van der Waals surface area contributed by atoms with Gasteiger partial charge in [0.25, 0.3) is 5.91 Å². The van der Waals surface area contributed by atoms with Crippen molar-refractivity contribution in [1.82, 2.24) is 5.32 Å². The highest BCUT2D eigenvalue weighted by atomic mass is 35.5. The number of benzene rings is 1. The van der Waals surface area contributed by atoms with Crippen LogP contribution in [0.4, 0.5) is 0 Å². The van der Waals surface area contributed by atoms with Gasteiger partial charge in [-0.25, -0.2) is 0 Å². The molecule has 1 aromatic carbocycles. The number of nitrogens with one attached hydrogen (secondary N) is 1. The molecule has 0 atom stereocenters. The Hall–Kier alpha value is -1.22. The van der Waals surface area contributed by atoms with Crippen LogP contribution in [0.15, 0.2) is 18.2 Å². The molecule has 2 N–H and O–H groups in total. The molecule has 1 amide bonds. The molecule has 0 bridgehead atoms. The van der Waals surface area contributed by atoms with Crippen molar-refractivity contribution in [2.75, 3.05) is 12.4 Å². The maximum atomic E-state index is 11.8. The summed E-state index contributed by atoms with van der Waals surface area (Å²) in [6, 6.07) is 4.94. The van der Waals surface area contributed by atoms with Gasteiger partial charge in [0.1, 0.15) is 5.75 Å². The first-order valence-corrected chi connectivity index (χ1v) is 6.24. The minimum absolute atomic E-state index is 0.115. The average Bonchev–Trinajstić information content (AvgIpc) is 3.10. The quantitative estimate of drug-likeness (QED) is 0.810. The van der Waals surface area contributed by atoms with E-state index < -0.39 is 0 Å². The molecule has 2 rings (SSSR count). The maximum absolute atomic E-state index is 11.8. The summed E-state index contributed by atoms with van der Waals surface area (Å²) < 4.78 is 0. The van der Waals surface area contributed by atoms with Crippen LogP contribution in [-0.4, -0.2) is 23.4 Å². The molecule has 17 heavy (non-hydrogen) atoms. The molecule has 1 aliphatic carbocycles. The molecule has 0 aliphatic heterocycles. The average molecular weight is 254 g/mol. The number of rotatable bonds is 4. The number of phenols is 1. The number of alkyl halides is 1. The normalized spacial score (nSPS) is 16.6. The van der Waals surface area contributed by atoms with E-state index in [2.05, 4.69) is 5.32 Å². The minimum atomic E-state index is -0.156. The first kappa shape index (κ1) is 12.2. The third-order valence-electron chi connectivity index (χ3n) is 3.34. The smallest absolute Gasteiger partial charge is 0.251 e. The van der Waals surface area contributed by atoms with Crippen LogP contribution in [0.2, 0.25) is 0 Å². The van der Waals surface area contributed by atoms with Gasteiger partial charge in [-0.3, -0.25) is 4.79 Å². The number of halogens is 1. The molecule has 4 heteroatoms. The molecule has 0 unspecified atom stereocenters. The molecule has 0 spiro atoms. The van der Waals surface area contributed by atoms with E-state index in [1.807, 2.05) is 0 Å². The largest absolute Gasteiger partial charge is 0.508 e. The second-order valence-electron chi connectivity index (χ2n) is 4.82. The first-order chi connectivity index (χ1) is 8.06. The molecular weight excluding hydrogens is 238 g/mol. The number of phenolic OH excluding ortho intramolecular Hbond substituents is 1. The zero-order valence-corrected chi connectivity index (χ0v) is 10.5. The van der Waals surface area contributed by atoms with Crippen molar-refractivity contribution in [1.29, 1.82) is 0 Å². The Morgan fingerprint density at radius 2 is 2.24 bits per heavy atom. The molecule has 1 saturated carbocycles. The number of aromatic hydroxyl groups is 1. The van der Waals surface area contributed by atoms with E-state index >= 15 is 0 Å². The molecule has 0 heterocycles. The van der Waals surface area contributed by atoms with Gasteiger partial charge in [0.05, 0.1) is 0 Å². The third-order valence-corrected chi connectivity index (χ3v) is 3.90. The second-order valence-corrected chi connectivity index (χ2v) is 5.08. The van der Waals surface area contributed by atoms with Crippen LogP contribution in [-0.2, 0) is 0 Å². The van der Waals surface area contributed by atoms with E-state index in [9.17, 15) is 9.90 Å². The summed E-state index contributed by atoms with van der Waals surface area (Å²) in [5, 5.41) is 12.4. The van der Waals surface area contributed by atoms with Gasteiger partial charge in [0, 0.05) is 23.4 Å². The van der Waals surface area contributed by atoms with Gasteiger partial charge in [0.15, 0.2) is 0 Å². The van der Waals surface area contributed by atoms with Crippen LogP contribution in [0, 0.1) is 12.3 Å². The van der Waals surface area contributed by atoms with Gasteiger partial charge >= 0.3 is 0 Å². The van der Waals surface area contributed by atoms with Crippen molar-refractivity contribution in [3.8, 4) is 5.75 Å². The molecule has 1 aromatic rings. The predicted molar refractivity (Wildman–Crippen MR) is 67.6 cm³/mol. The van der Waals surface area contributed by atoms with E-state index in [4.69, 9.17) is 11.6 Å². The first-order valence-electron chi connectivity index (χ1n) is 5.70. The Morgan fingerprint density at radius 3 is 2.76 bits per heavy atom. The Morgan fingerprint density at radius 1 is 1.53 bits per heavy atom. The van der Waals surface area contributed by atoms with E-state index in [0.29, 0.717) is 18.0 Å². The lowest BCUT2D eigenvalue weighted by molar-refractivity contribution is 0.0946. The maximum Gasteiger partial charge on any atom is 0.251 e. The zero-order chi connectivity index (χ0) is 12.5. The lowest BCUT2D eigenvalue weighted by atomic mass is 10.1. The molecule has 3 nitrogen and oxygen atoms in total. The summed E-state index contributed by atoms with van der Waals surface area (Å²) in [4.78, 5) is 11.8. The highest BCUT2D eigenvalue weighted by Gasteiger charge is 2.41. The van der Waals surface area contributed by atoms with E-state index in [1.54, 1.807) is 19.1 Å². The van der Waals surface area contributed by atoms with Gasteiger partial charge in [-0.1, -0.05) is 6.07 Å². The summed E-state index contributed by atoms with van der Waals surface area (Å²) in [5.74, 6) is 0.583. The molecule has 0 saturated heterocycles. The molecule has 1 aliphatic rings. The summed E-state index contributed by atoms with van der Waals surface area (Å²) >= 11 is 5.84. The van der Waals surface area contributed by atoms with E-state index in [0.717, 1.165) is 18.4 Å². The van der Waals surface area contributed by atoms with Gasteiger partial charge in [-0.15, -0.1) is 11.6 Å². The van der Waals surface area contributed by atoms with Crippen LogP contribution in [0.1, 0.15) is 28.8 Å². The fourth-order valence-electron chi connectivity index (χ4n) is 1.65. The standard InChI is InChI=1S/C13H16ClNO2/c1-9-2-3-10(6-11(9)16)12(17)15-8-13(7-14)4-5-13/h2-3,6,16H,4-5,7-8H2,1H3,(H,15,17). The molecule has 0 aromatic heterocycles. The number of carbonyl (C=O) groups excluding carboxylic acids is 1. The fraction of sp³-hybridized carbons (Fsp3) is 0.462. The Labute approximate surface area is 106 Å². The lowest BCUT2D eigenvalue weighted by Crippen LogP contribution is -2.30. The van der Waals surface area contributed by atoms with E-state index in [1.165, 1.54) is 6.07 Å². The summed E-state index contributed by atoms with van der Waals surface area (Å²) in [7, 11) is 0. The zero-order valence-electron chi connectivity index (χ0n) is 9.79. The van der Waals surface area contributed by atoms with Gasteiger partial charge < -0.3 is 10.4 Å². The van der Waals surface area contributed by atoms with Crippen molar-refractivity contribution in [2.45, 2.75) is 19.8 Å². The molecule has 0 radical (unpaired) electrons. The van der Waals surface area contributed by atoms with Crippen LogP contribution < -0.4 is 5.32 Å². The number of hydrogen-bond acceptors (Lipinski definition) is 2. The predicted octanol–water partition coefficient (Wildman–Crippen LogP) is 2.45. The van der Waals surface area contributed by atoms with Gasteiger partial charge in [0.2, 0.25) is 0 Å². The van der Waals surface area contributed by atoms with Gasteiger partial charge in [-0.2, -0.15) is 0 Å². The summed E-state index contributed by atoms with van der Waals surface area (Å²) in [6.07, 6.45) is 2.16. The second kappa shape index (κ2) is 4.57. The monoisotopic (exact) mass is 253 g/mol. The Balaban J connectivity index is 1.97. The Kier molecular flexibility index (Phi) is 3.29. The lowest BCUT2D eigenvalue weighted by Gasteiger charge is -2.12. The van der Waals surface area contributed by atoms with Crippen LogP contribution >= 0.6 is 11.6 Å². The summed E-state index contributed by atoms with van der Waals surface area (Å²) in [6.45, 7) is 2.41. The summed E-state index contributed by atoms with van der Waals surface area (Å²) in [5.41, 5.74) is 1.36. The molecular formula is C13H16ClNO2. The number of hydrogen-bond donors (Lipinski definition) is 2. The van der Waals surface area contributed by atoms with Crippen LogP contribution in [0.5, 0.6) is 5.75 Å². The number of amides is 1. The van der Waals surface area contributed by atoms with Crippen LogP contribution in [0.3, 0.4) is 0 Å².